The summed E-state index contributed by atoms with van der Waals surface area (Å²) in [5.41, 5.74) is 6.90. The predicted molar refractivity (Wildman–Crippen MR) is 89.0 cm³/mol. The van der Waals surface area contributed by atoms with Crippen molar-refractivity contribution in [2.24, 2.45) is 5.73 Å². The quantitative estimate of drug-likeness (QED) is 0.732. The van der Waals surface area contributed by atoms with E-state index in [4.69, 9.17) is 12.2 Å². The van der Waals surface area contributed by atoms with Crippen LogP contribution in [-0.2, 0) is 16.6 Å². The zero-order valence-electron chi connectivity index (χ0n) is 12.4. The lowest BCUT2D eigenvalue weighted by atomic mass is 10.1. The Kier molecular flexibility index (Phi) is 4.89. The molecule has 0 aliphatic heterocycles. The number of halogens is 1. The minimum Gasteiger partial charge on any atom is -0.388 e. The molecule has 0 saturated heterocycles. The molecule has 0 heterocycles. The molecule has 0 saturated carbocycles. The summed E-state index contributed by atoms with van der Waals surface area (Å²) in [6.45, 7) is 0.0748. The number of hydrogen-bond donors (Lipinski definition) is 3. The summed E-state index contributed by atoms with van der Waals surface area (Å²) in [4.78, 5) is 0.0197. The van der Waals surface area contributed by atoms with Crippen molar-refractivity contribution in [1.29, 1.82) is 0 Å². The van der Waals surface area contributed by atoms with Crippen molar-refractivity contribution in [1.82, 2.24) is 0 Å². The van der Waals surface area contributed by atoms with Gasteiger partial charge < -0.3 is 11.1 Å². The molecule has 120 valence electrons. The molecule has 0 fully saturated rings. The number of nitrogens with two attached hydrogens (primary N) is 1. The van der Waals surface area contributed by atoms with E-state index in [-0.39, 0.29) is 17.1 Å². The van der Waals surface area contributed by atoms with E-state index in [1.165, 1.54) is 18.2 Å². The van der Waals surface area contributed by atoms with E-state index in [1.807, 2.05) is 0 Å². The van der Waals surface area contributed by atoms with Crippen molar-refractivity contribution in [2.75, 3.05) is 17.1 Å². The number of benzene rings is 2. The maximum absolute atomic E-state index is 14.0. The molecule has 2 rings (SSSR count). The number of terminal acetylenes is 1. The molecule has 0 spiro atoms. The minimum absolute atomic E-state index is 0.0197. The van der Waals surface area contributed by atoms with Crippen molar-refractivity contribution in [3.05, 3.63) is 53.3 Å². The van der Waals surface area contributed by atoms with E-state index in [1.54, 1.807) is 19.2 Å². The third kappa shape index (κ3) is 3.62. The smallest absolute Gasteiger partial charge is 0.261 e. The van der Waals surface area contributed by atoms with E-state index in [2.05, 4.69) is 16.0 Å². The lowest BCUT2D eigenvalue weighted by Crippen LogP contribution is -2.15. The molecule has 0 aliphatic carbocycles. The van der Waals surface area contributed by atoms with Gasteiger partial charge in [0, 0.05) is 24.8 Å². The molecule has 4 N–H and O–H groups in total. The van der Waals surface area contributed by atoms with Gasteiger partial charge in [-0.2, -0.15) is 0 Å². The molecule has 0 unspecified atom stereocenters. The van der Waals surface area contributed by atoms with E-state index < -0.39 is 15.8 Å². The van der Waals surface area contributed by atoms with E-state index in [9.17, 15) is 12.8 Å². The van der Waals surface area contributed by atoms with Crippen LogP contribution in [0.5, 0.6) is 0 Å². The van der Waals surface area contributed by atoms with Gasteiger partial charge in [-0.25, -0.2) is 12.8 Å². The van der Waals surface area contributed by atoms with Gasteiger partial charge in [0.25, 0.3) is 10.0 Å². The molecule has 2 aromatic rings. The number of nitrogens with one attached hydrogen (secondary N) is 2. The summed E-state index contributed by atoms with van der Waals surface area (Å²) < 4.78 is 40.9. The molecular weight excluding hydrogens is 317 g/mol. The fourth-order valence-corrected chi connectivity index (χ4v) is 3.06. The second-order valence-electron chi connectivity index (χ2n) is 4.72. The third-order valence-electron chi connectivity index (χ3n) is 3.27. The molecule has 23 heavy (non-hydrogen) atoms. The Labute approximate surface area is 134 Å². The summed E-state index contributed by atoms with van der Waals surface area (Å²) in [5.74, 6) is 1.56. The van der Waals surface area contributed by atoms with Gasteiger partial charge in [-0.15, -0.1) is 6.42 Å². The SMILES string of the molecule is C#Cc1cc(F)c(NS(=O)(=O)c2ccc(NC)cc2)cc1CN. The van der Waals surface area contributed by atoms with Crippen LogP contribution in [-0.4, -0.2) is 15.5 Å². The normalized spacial score (nSPS) is 10.9. The highest BCUT2D eigenvalue weighted by atomic mass is 32.2. The highest BCUT2D eigenvalue weighted by Crippen LogP contribution is 2.23. The van der Waals surface area contributed by atoms with Crippen molar-refractivity contribution in [3.8, 4) is 12.3 Å². The molecule has 0 radical (unpaired) electrons. The van der Waals surface area contributed by atoms with Crippen LogP contribution in [0.2, 0.25) is 0 Å². The second kappa shape index (κ2) is 6.69. The Balaban J connectivity index is 2.38. The average molecular weight is 333 g/mol. The van der Waals surface area contributed by atoms with E-state index >= 15 is 0 Å². The monoisotopic (exact) mass is 333 g/mol. The van der Waals surface area contributed by atoms with Gasteiger partial charge in [0.15, 0.2) is 0 Å². The number of anilines is 2. The van der Waals surface area contributed by atoms with Crippen LogP contribution < -0.4 is 15.8 Å². The Morgan fingerprint density at radius 1 is 1.26 bits per heavy atom. The van der Waals surface area contributed by atoms with Gasteiger partial charge in [0.1, 0.15) is 5.82 Å². The van der Waals surface area contributed by atoms with Crippen LogP contribution in [0.15, 0.2) is 41.3 Å². The average Bonchev–Trinajstić information content (AvgIpc) is 2.56. The second-order valence-corrected chi connectivity index (χ2v) is 6.40. The van der Waals surface area contributed by atoms with Crippen LogP contribution >= 0.6 is 0 Å². The van der Waals surface area contributed by atoms with E-state index in [0.717, 1.165) is 11.8 Å². The molecule has 0 bridgehead atoms. The molecule has 0 amide bonds. The first-order valence-corrected chi connectivity index (χ1v) is 8.19. The van der Waals surface area contributed by atoms with Crippen molar-refractivity contribution in [3.63, 3.8) is 0 Å². The summed E-state index contributed by atoms with van der Waals surface area (Å²) in [6, 6.07) is 8.46. The first kappa shape index (κ1) is 16.8. The largest absolute Gasteiger partial charge is 0.388 e. The topological polar surface area (TPSA) is 84.2 Å². The lowest BCUT2D eigenvalue weighted by molar-refractivity contribution is 0.598. The van der Waals surface area contributed by atoms with Gasteiger partial charge in [-0.3, -0.25) is 4.72 Å². The first-order chi connectivity index (χ1) is 10.9. The summed E-state index contributed by atoms with van der Waals surface area (Å²) >= 11 is 0. The fourth-order valence-electron chi connectivity index (χ4n) is 2.00. The molecule has 5 nitrogen and oxygen atoms in total. The fraction of sp³-hybridized carbons (Fsp3) is 0.125. The Morgan fingerprint density at radius 2 is 1.91 bits per heavy atom. The molecule has 0 aromatic heterocycles. The zero-order chi connectivity index (χ0) is 17.0. The Bertz CT molecular complexity index is 856. The van der Waals surface area contributed by atoms with Gasteiger partial charge in [-0.1, -0.05) is 5.92 Å². The number of hydrogen-bond acceptors (Lipinski definition) is 4. The minimum atomic E-state index is -3.92. The van der Waals surface area contributed by atoms with E-state index in [0.29, 0.717) is 11.1 Å². The van der Waals surface area contributed by atoms with Crippen LogP contribution in [0.4, 0.5) is 15.8 Å². The molecule has 0 aliphatic rings. The lowest BCUT2D eigenvalue weighted by Gasteiger charge is -2.12. The van der Waals surface area contributed by atoms with Crippen molar-refractivity contribution < 1.29 is 12.8 Å². The highest BCUT2D eigenvalue weighted by Gasteiger charge is 2.17. The van der Waals surface area contributed by atoms with Gasteiger partial charge in [0.05, 0.1) is 10.6 Å². The van der Waals surface area contributed by atoms with Crippen LogP contribution in [0, 0.1) is 18.2 Å². The summed E-state index contributed by atoms with van der Waals surface area (Å²) in [7, 11) is -2.19. The Hall–Kier alpha value is -2.56. The van der Waals surface area contributed by atoms with Gasteiger partial charge >= 0.3 is 0 Å². The number of rotatable bonds is 5. The van der Waals surface area contributed by atoms with Crippen molar-refractivity contribution in [2.45, 2.75) is 11.4 Å². The van der Waals surface area contributed by atoms with Crippen LogP contribution in [0.3, 0.4) is 0 Å². The summed E-state index contributed by atoms with van der Waals surface area (Å²) in [5, 5.41) is 2.88. The van der Waals surface area contributed by atoms with Crippen LogP contribution in [0.25, 0.3) is 0 Å². The highest BCUT2D eigenvalue weighted by molar-refractivity contribution is 7.92. The number of sulfonamides is 1. The molecular formula is C16H16FN3O2S. The standard InChI is InChI=1S/C16H16FN3O2S/c1-3-11-8-15(17)16(9-12(11)10-18)20-23(21,22)14-6-4-13(19-2)5-7-14/h1,4-9,19-20H,10,18H2,2H3. The predicted octanol–water partition coefficient (Wildman–Crippen LogP) is 2.11. The molecule has 0 atom stereocenters. The molecule has 2 aromatic carbocycles. The molecule has 7 heteroatoms. The van der Waals surface area contributed by atoms with Gasteiger partial charge in [-0.05, 0) is 42.0 Å². The zero-order valence-corrected chi connectivity index (χ0v) is 13.2. The van der Waals surface area contributed by atoms with Crippen LogP contribution in [0.1, 0.15) is 11.1 Å². The Morgan fingerprint density at radius 3 is 2.43 bits per heavy atom. The maximum Gasteiger partial charge on any atom is 0.261 e. The third-order valence-corrected chi connectivity index (χ3v) is 4.65. The van der Waals surface area contributed by atoms with Gasteiger partial charge in [0.2, 0.25) is 0 Å². The summed E-state index contributed by atoms with van der Waals surface area (Å²) in [6.07, 6.45) is 5.27. The maximum atomic E-state index is 14.0. The van der Waals surface area contributed by atoms with Crippen molar-refractivity contribution >= 4 is 21.4 Å². The first-order valence-electron chi connectivity index (χ1n) is 6.71.